The van der Waals surface area contributed by atoms with E-state index in [1.165, 1.54) is 25.3 Å². The Labute approximate surface area is 241 Å². The maximum atomic E-state index is 13.1. The predicted octanol–water partition coefficient (Wildman–Crippen LogP) is 6.52. The smallest absolute Gasteiger partial charge is 0.371 e. The minimum Gasteiger partial charge on any atom is -0.475 e. The third-order valence-electron chi connectivity index (χ3n) is 7.67. The number of rotatable bonds is 8. The Morgan fingerprint density at radius 3 is 2.45 bits per heavy atom. The molecule has 2 amide bonds. The van der Waals surface area contributed by atoms with Crippen LogP contribution in [-0.4, -0.2) is 38.5 Å². The van der Waals surface area contributed by atoms with E-state index in [4.69, 9.17) is 18.9 Å². The Hall–Kier alpha value is -5.12. The third-order valence-corrected chi connectivity index (χ3v) is 7.67. The number of carbonyl (C=O) groups is 3. The topological polar surface area (TPSA) is 140 Å². The molecule has 1 aliphatic rings. The van der Waals surface area contributed by atoms with Gasteiger partial charge in [-0.15, -0.1) is 0 Å². The van der Waals surface area contributed by atoms with Crippen molar-refractivity contribution in [2.45, 2.75) is 51.1 Å². The standard InChI is InChI=1S/C32H30N4O6/c1-19(30(37)34-23-10-7-20(8-11-23)27-13-14-28(42-27)32(39)40)33-31(38)21-9-12-26-25(17-21)35-29(22-15-16-41-18-22)36(26)24-5-3-2-4-6-24/h7-19,24H,2-6H2,1H3,(H,33,38)(H,34,37)(H,39,40)/t19-/m1/s1. The number of aromatic carboxylic acids is 1. The number of nitrogens with one attached hydrogen (secondary N) is 2. The Kier molecular flexibility index (Phi) is 7.35. The van der Waals surface area contributed by atoms with Gasteiger partial charge in [0.1, 0.15) is 23.9 Å². The summed E-state index contributed by atoms with van der Waals surface area (Å²) >= 11 is 0. The minimum absolute atomic E-state index is 0.151. The van der Waals surface area contributed by atoms with Crippen molar-refractivity contribution in [3.05, 3.63) is 84.5 Å². The molecule has 0 radical (unpaired) electrons. The summed E-state index contributed by atoms with van der Waals surface area (Å²) in [5, 5.41) is 14.6. The van der Waals surface area contributed by atoms with Crippen molar-refractivity contribution < 1.29 is 28.3 Å². The van der Waals surface area contributed by atoms with E-state index in [1.807, 2.05) is 12.1 Å². The second-order valence-electron chi connectivity index (χ2n) is 10.5. The van der Waals surface area contributed by atoms with Gasteiger partial charge in [0.15, 0.2) is 0 Å². The first-order valence-corrected chi connectivity index (χ1v) is 14.0. The summed E-state index contributed by atoms with van der Waals surface area (Å²) in [5.74, 6) is -0.817. The van der Waals surface area contributed by atoms with Crippen molar-refractivity contribution >= 4 is 34.5 Å². The number of fused-ring (bicyclic) bond motifs is 1. The summed E-state index contributed by atoms with van der Waals surface area (Å²) in [6.45, 7) is 1.62. The second-order valence-corrected chi connectivity index (χ2v) is 10.5. The molecule has 1 saturated carbocycles. The molecule has 214 valence electrons. The summed E-state index contributed by atoms with van der Waals surface area (Å²) in [6, 6.07) is 16.6. The maximum Gasteiger partial charge on any atom is 0.371 e. The van der Waals surface area contributed by atoms with Gasteiger partial charge in [-0.25, -0.2) is 9.78 Å². The minimum atomic E-state index is -1.14. The van der Waals surface area contributed by atoms with E-state index in [9.17, 15) is 14.4 Å². The molecule has 0 saturated heterocycles. The largest absolute Gasteiger partial charge is 0.475 e. The number of furan rings is 2. The first-order valence-electron chi connectivity index (χ1n) is 14.0. The van der Waals surface area contributed by atoms with E-state index in [2.05, 4.69) is 15.2 Å². The van der Waals surface area contributed by atoms with Gasteiger partial charge in [-0.3, -0.25) is 9.59 Å². The molecule has 0 unspecified atom stereocenters. The summed E-state index contributed by atoms with van der Waals surface area (Å²) in [4.78, 5) is 41.9. The number of carboxylic acid groups (broad SMARTS) is 1. The summed E-state index contributed by atoms with van der Waals surface area (Å²) in [7, 11) is 0. The Bertz CT molecular complexity index is 1740. The van der Waals surface area contributed by atoms with Crippen LogP contribution in [0.4, 0.5) is 5.69 Å². The number of hydrogen-bond acceptors (Lipinski definition) is 6. The lowest BCUT2D eigenvalue weighted by atomic mass is 9.95. The number of nitrogens with zero attached hydrogens (tertiary/aromatic N) is 2. The van der Waals surface area contributed by atoms with Crippen LogP contribution in [0.5, 0.6) is 0 Å². The van der Waals surface area contributed by atoms with E-state index in [-0.39, 0.29) is 17.6 Å². The normalized spacial score (nSPS) is 14.5. The highest BCUT2D eigenvalue weighted by Crippen LogP contribution is 2.36. The fraction of sp³-hybridized carbons (Fsp3) is 0.250. The fourth-order valence-corrected chi connectivity index (χ4v) is 5.47. The number of carbonyl (C=O) groups excluding carboxylic acids is 2. The number of carboxylic acids is 1. The van der Waals surface area contributed by atoms with Crippen molar-refractivity contribution in [2.24, 2.45) is 0 Å². The monoisotopic (exact) mass is 566 g/mol. The van der Waals surface area contributed by atoms with Crippen molar-refractivity contribution in [2.75, 3.05) is 5.32 Å². The number of imidazole rings is 1. The van der Waals surface area contributed by atoms with E-state index < -0.39 is 12.0 Å². The van der Waals surface area contributed by atoms with Gasteiger partial charge in [-0.05, 0) is 80.4 Å². The molecule has 10 heteroatoms. The van der Waals surface area contributed by atoms with Crippen LogP contribution >= 0.6 is 0 Å². The van der Waals surface area contributed by atoms with Crippen molar-refractivity contribution in [1.29, 1.82) is 0 Å². The third kappa shape index (κ3) is 5.43. The van der Waals surface area contributed by atoms with Crippen molar-refractivity contribution in [3.8, 4) is 22.7 Å². The lowest BCUT2D eigenvalue weighted by molar-refractivity contribution is -0.117. The Balaban J connectivity index is 1.14. The lowest BCUT2D eigenvalue weighted by Crippen LogP contribution is -2.41. The van der Waals surface area contributed by atoms with Crippen molar-refractivity contribution in [1.82, 2.24) is 14.9 Å². The van der Waals surface area contributed by atoms with E-state index in [0.717, 1.165) is 29.7 Å². The van der Waals surface area contributed by atoms with Crippen LogP contribution in [0.15, 0.2) is 82.0 Å². The molecule has 2 aromatic carbocycles. The molecule has 3 aromatic heterocycles. The molecule has 1 fully saturated rings. The highest BCUT2D eigenvalue weighted by molar-refractivity contribution is 6.02. The van der Waals surface area contributed by atoms with Gasteiger partial charge >= 0.3 is 5.97 Å². The maximum absolute atomic E-state index is 13.1. The molecule has 0 bridgehead atoms. The van der Waals surface area contributed by atoms with Crippen LogP contribution in [0.1, 0.15) is 66.0 Å². The summed E-state index contributed by atoms with van der Waals surface area (Å²) in [5.41, 5.74) is 4.19. The molecule has 42 heavy (non-hydrogen) atoms. The molecule has 1 aliphatic carbocycles. The van der Waals surface area contributed by atoms with Gasteiger partial charge in [0.2, 0.25) is 11.7 Å². The van der Waals surface area contributed by atoms with Crippen LogP contribution in [0.25, 0.3) is 33.7 Å². The van der Waals surface area contributed by atoms with Gasteiger partial charge in [0.05, 0.1) is 22.9 Å². The quantitative estimate of drug-likeness (QED) is 0.194. The molecule has 10 nitrogen and oxygen atoms in total. The van der Waals surface area contributed by atoms with Gasteiger partial charge in [-0.2, -0.15) is 0 Å². The lowest BCUT2D eigenvalue weighted by Gasteiger charge is -2.25. The summed E-state index contributed by atoms with van der Waals surface area (Å²) in [6.07, 6.45) is 9.09. The van der Waals surface area contributed by atoms with Crippen LogP contribution in [0.2, 0.25) is 0 Å². The van der Waals surface area contributed by atoms with Crippen LogP contribution in [0.3, 0.4) is 0 Å². The van der Waals surface area contributed by atoms with E-state index in [1.54, 1.807) is 61.9 Å². The highest BCUT2D eigenvalue weighted by Gasteiger charge is 2.24. The molecule has 0 aliphatic heterocycles. The molecular formula is C32H30N4O6. The molecule has 3 N–H and O–H groups in total. The number of amides is 2. The zero-order valence-electron chi connectivity index (χ0n) is 23.0. The molecule has 1 atom stereocenters. The predicted molar refractivity (Wildman–Crippen MR) is 156 cm³/mol. The van der Waals surface area contributed by atoms with Crippen LogP contribution in [-0.2, 0) is 4.79 Å². The highest BCUT2D eigenvalue weighted by atomic mass is 16.4. The zero-order chi connectivity index (χ0) is 29.2. The SMILES string of the molecule is C[C@@H](NC(=O)c1ccc2c(c1)nc(-c1ccoc1)n2C1CCCCC1)C(=O)Nc1ccc(-c2ccc(C(=O)O)o2)cc1. The number of benzene rings is 2. The molecule has 6 rings (SSSR count). The van der Waals surface area contributed by atoms with E-state index >= 15 is 0 Å². The zero-order valence-corrected chi connectivity index (χ0v) is 23.0. The number of aromatic nitrogens is 2. The first kappa shape index (κ1) is 27.1. The van der Waals surface area contributed by atoms with E-state index in [0.29, 0.717) is 34.1 Å². The Morgan fingerprint density at radius 1 is 0.976 bits per heavy atom. The Morgan fingerprint density at radius 2 is 1.76 bits per heavy atom. The number of anilines is 1. The van der Waals surface area contributed by atoms with Gasteiger partial charge in [0, 0.05) is 22.9 Å². The second kappa shape index (κ2) is 11.4. The molecular weight excluding hydrogens is 536 g/mol. The van der Waals surface area contributed by atoms with Gasteiger partial charge < -0.3 is 29.1 Å². The van der Waals surface area contributed by atoms with Crippen LogP contribution in [0, 0.1) is 0 Å². The summed E-state index contributed by atoms with van der Waals surface area (Å²) < 4.78 is 12.9. The number of hydrogen-bond donors (Lipinski definition) is 3. The van der Waals surface area contributed by atoms with Gasteiger partial charge in [0.25, 0.3) is 5.91 Å². The van der Waals surface area contributed by atoms with Crippen LogP contribution < -0.4 is 10.6 Å². The molecule has 3 heterocycles. The average molecular weight is 567 g/mol. The van der Waals surface area contributed by atoms with Gasteiger partial charge in [-0.1, -0.05) is 19.3 Å². The fourth-order valence-electron chi connectivity index (χ4n) is 5.47. The molecule has 5 aromatic rings. The first-order chi connectivity index (χ1) is 20.4. The average Bonchev–Trinajstić information content (AvgIpc) is 3.77. The molecule has 0 spiro atoms. The van der Waals surface area contributed by atoms with Crippen molar-refractivity contribution in [3.63, 3.8) is 0 Å².